The zero-order chi connectivity index (χ0) is 27.1. The Labute approximate surface area is 221 Å². The lowest BCUT2D eigenvalue weighted by molar-refractivity contribution is -0.123. The van der Waals surface area contributed by atoms with Crippen molar-refractivity contribution in [2.24, 2.45) is 5.41 Å². The number of benzene rings is 3. The zero-order valence-electron chi connectivity index (χ0n) is 19.7. The van der Waals surface area contributed by atoms with Crippen LogP contribution in [0.15, 0.2) is 59.6 Å². The average Bonchev–Trinajstić information content (AvgIpc) is 2.80. The maximum atomic E-state index is 15.4. The predicted molar refractivity (Wildman–Crippen MR) is 140 cm³/mol. The molecule has 192 valence electrons. The van der Waals surface area contributed by atoms with Crippen molar-refractivity contribution in [1.29, 1.82) is 0 Å². The highest BCUT2D eigenvalue weighted by atomic mass is 35.5. The van der Waals surface area contributed by atoms with Crippen LogP contribution >= 0.6 is 23.2 Å². The van der Waals surface area contributed by atoms with Gasteiger partial charge in [-0.25, -0.2) is 27.2 Å². The molecule has 0 aliphatic rings. The van der Waals surface area contributed by atoms with Gasteiger partial charge in [0.15, 0.2) is 5.82 Å². The Morgan fingerprint density at radius 3 is 2.41 bits per heavy atom. The SMILES string of the molecule is CC(C)(C)C(=O)Nc1ncc2cc(-c3c(F)ccc(NS(=O)(=O)c4ccc(Cl)cc4Cl)c3F)ccc2n1. The highest BCUT2D eigenvalue weighted by Crippen LogP contribution is 2.34. The van der Waals surface area contributed by atoms with Crippen LogP contribution < -0.4 is 10.0 Å². The third kappa shape index (κ3) is 5.66. The van der Waals surface area contributed by atoms with Gasteiger partial charge in [-0.1, -0.05) is 50.0 Å². The summed E-state index contributed by atoms with van der Waals surface area (Å²) in [7, 11) is -4.31. The fraction of sp³-hybridized carbons (Fsp3) is 0.160. The monoisotopic (exact) mass is 564 g/mol. The van der Waals surface area contributed by atoms with Crippen LogP contribution in [0.1, 0.15) is 20.8 Å². The van der Waals surface area contributed by atoms with Gasteiger partial charge in [-0.05, 0) is 48.0 Å². The van der Waals surface area contributed by atoms with Crippen LogP contribution in [0.3, 0.4) is 0 Å². The summed E-state index contributed by atoms with van der Waals surface area (Å²) in [6, 6.07) is 10.1. The van der Waals surface area contributed by atoms with Crippen molar-refractivity contribution in [1.82, 2.24) is 9.97 Å². The summed E-state index contributed by atoms with van der Waals surface area (Å²) in [6.07, 6.45) is 1.41. The van der Waals surface area contributed by atoms with E-state index >= 15 is 4.39 Å². The Hall–Kier alpha value is -3.34. The normalized spacial score (nSPS) is 12.0. The minimum atomic E-state index is -4.31. The minimum Gasteiger partial charge on any atom is -0.294 e. The van der Waals surface area contributed by atoms with Gasteiger partial charge < -0.3 is 0 Å². The fourth-order valence-corrected chi connectivity index (χ4v) is 5.16. The number of anilines is 2. The number of hydrogen-bond donors (Lipinski definition) is 2. The predicted octanol–water partition coefficient (Wildman–Crippen LogP) is 6.67. The first-order valence-electron chi connectivity index (χ1n) is 10.8. The van der Waals surface area contributed by atoms with Gasteiger partial charge in [0.2, 0.25) is 11.9 Å². The number of hydrogen-bond acceptors (Lipinski definition) is 5. The summed E-state index contributed by atoms with van der Waals surface area (Å²) in [6.45, 7) is 5.24. The van der Waals surface area contributed by atoms with Gasteiger partial charge in [-0.2, -0.15) is 0 Å². The second-order valence-corrected chi connectivity index (χ2v) is 11.6. The van der Waals surface area contributed by atoms with Crippen LogP contribution in [0, 0.1) is 17.0 Å². The van der Waals surface area contributed by atoms with Gasteiger partial charge in [-0.15, -0.1) is 0 Å². The lowest BCUT2D eigenvalue weighted by Crippen LogP contribution is -2.28. The van der Waals surface area contributed by atoms with Crippen LogP contribution in [-0.2, 0) is 14.8 Å². The van der Waals surface area contributed by atoms with E-state index in [4.69, 9.17) is 23.2 Å². The second-order valence-electron chi connectivity index (χ2n) is 9.14. The highest BCUT2D eigenvalue weighted by Gasteiger charge is 2.24. The number of aromatic nitrogens is 2. The molecule has 0 saturated heterocycles. The largest absolute Gasteiger partial charge is 0.294 e. The van der Waals surface area contributed by atoms with E-state index in [0.29, 0.717) is 10.9 Å². The van der Waals surface area contributed by atoms with E-state index < -0.39 is 38.3 Å². The highest BCUT2D eigenvalue weighted by molar-refractivity contribution is 7.92. The van der Waals surface area contributed by atoms with Crippen molar-refractivity contribution in [3.63, 3.8) is 0 Å². The molecule has 0 spiro atoms. The molecule has 0 unspecified atom stereocenters. The van der Waals surface area contributed by atoms with Crippen LogP contribution in [-0.4, -0.2) is 24.3 Å². The Morgan fingerprint density at radius 2 is 1.73 bits per heavy atom. The quantitative estimate of drug-likeness (QED) is 0.282. The molecule has 0 aliphatic heterocycles. The molecule has 0 saturated carbocycles. The number of nitrogens with zero attached hydrogens (tertiary/aromatic N) is 2. The van der Waals surface area contributed by atoms with Gasteiger partial charge in [0, 0.05) is 22.0 Å². The van der Waals surface area contributed by atoms with E-state index in [1.165, 1.54) is 42.6 Å². The summed E-state index contributed by atoms with van der Waals surface area (Å²) in [5.41, 5.74) is -1.02. The van der Waals surface area contributed by atoms with Crippen molar-refractivity contribution in [2.45, 2.75) is 25.7 Å². The number of sulfonamides is 1. The van der Waals surface area contributed by atoms with Gasteiger partial charge in [-0.3, -0.25) is 14.8 Å². The van der Waals surface area contributed by atoms with Crippen LogP contribution in [0.5, 0.6) is 0 Å². The van der Waals surface area contributed by atoms with E-state index in [9.17, 15) is 17.6 Å². The van der Waals surface area contributed by atoms with Crippen molar-refractivity contribution >= 4 is 61.7 Å². The topological polar surface area (TPSA) is 101 Å². The molecule has 12 heteroatoms. The molecule has 7 nitrogen and oxygen atoms in total. The Morgan fingerprint density at radius 1 is 1.00 bits per heavy atom. The number of carbonyl (C=O) groups excluding carboxylic acids is 1. The maximum Gasteiger partial charge on any atom is 0.263 e. The van der Waals surface area contributed by atoms with E-state index in [1.807, 2.05) is 0 Å². The summed E-state index contributed by atoms with van der Waals surface area (Å²) >= 11 is 11.8. The molecule has 4 rings (SSSR count). The van der Waals surface area contributed by atoms with Crippen molar-refractivity contribution < 1.29 is 22.0 Å². The molecule has 0 bridgehead atoms. The van der Waals surface area contributed by atoms with Crippen LogP contribution in [0.25, 0.3) is 22.0 Å². The number of nitrogens with one attached hydrogen (secondary N) is 2. The summed E-state index contributed by atoms with van der Waals surface area (Å²) in [5, 5.41) is 3.14. The number of amides is 1. The molecule has 0 fully saturated rings. The van der Waals surface area contributed by atoms with E-state index in [-0.39, 0.29) is 32.4 Å². The molecular formula is C25H20Cl2F2N4O3S. The molecule has 0 radical (unpaired) electrons. The molecule has 0 aliphatic carbocycles. The second kappa shape index (κ2) is 9.85. The summed E-state index contributed by atoms with van der Waals surface area (Å²) in [4.78, 5) is 20.3. The molecule has 4 aromatic rings. The first-order chi connectivity index (χ1) is 17.3. The molecule has 1 amide bonds. The van der Waals surface area contributed by atoms with Gasteiger partial charge >= 0.3 is 0 Å². The van der Waals surface area contributed by atoms with Gasteiger partial charge in [0.25, 0.3) is 10.0 Å². The summed E-state index contributed by atoms with van der Waals surface area (Å²) < 4.78 is 58.0. The van der Waals surface area contributed by atoms with Gasteiger partial charge in [0.1, 0.15) is 10.7 Å². The number of fused-ring (bicyclic) bond motifs is 1. The molecular weight excluding hydrogens is 545 g/mol. The third-order valence-electron chi connectivity index (χ3n) is 5.29. The Balaban J connectivity index is 1.69. The van der Waals surface area contributed by atoms with Gasteiger partial charge in [0.05, 0.1) is 21.8 Å². The third-order valence-corrected chi connectivity index (χ3v) is 7.38. The molecule has 0 atom stereocenters. The zero-order valence-corrected chi connectivity index (χ0v) is 22.1. The van der Waals surface area contributed by atoms with E-state index in [0.717, 1.165) is 12.1 Å². The smallest absolute Gasteiger partial charge is 0.263 e. The first kappa shape index (κ1) is 26.7. The number of halogens is 4. The Kier molecular flexibility index (Phi) is 7.11. The van der Waals surface area contributed by atoms with E-state index in [1.54, 1.807) is 20.8 Å². The standard InChI is InChI=1S/C25H20Cl2F2N4O3S/c1-25(2,3)23(34)32-24-30-12-14-10-13(4-7-18(14)31-24)21-17(28)6-8-19(22(21)29)33-37(35,36)20-9-5-15(26)11-16(20)27/h4-12,33H,1-3H3,(H,30,31,32,34). The number of rotatable bonds is 5. The molecule has 2 N–H and O–H groups in total. The first-order valence-corrected chi connectivity index (χ1v) is 13.0. The van der Waals surface area contributed by atoms with E-state index in [2.05, 4.69) is 20.0 Å². The fourth-order valence-electron chi connectivity index (χ4n) is 3.33. The minimum absolute atomic E-state index is 0.0924. The Bertz CT molecular complexity index is 1660. The summed E-state index contributed by atoms with van der Waals surface area (Å²) in [5.74, 6) is -2.20. The van der Waals surface area contributed by atoms with Crippen LogP contribution in [0.2, 0.25) is 10.0 Å². The maximum absolute atomic E-state index is 15.4. The average molecular weight is 565 g/mol. The lowest BCUT2D eigenvalue weighted by atomic mass is 9.96. The number of carbonyl (C=O) groups is 1. The van der Waals surface area contributed by atoms with Crippen molar-refractivity contribution in [3.8, 4) is 11.1 Å². The lowest BCUT2D eigenvalue weighted by Gasteiger charge is -2.16. The van der Waals surface area contributed by atoms with Crippen LogP contribution in [0.4, 0.5) is 20.4 Å². The molecule has 37 heavy (non-hydrogen) atoms. The molecule has 3 aromatic carbocycles. The molecule has 1 aromatic heterocycles. The van der Waals surface area contributed by atoms with Crippen molar-refractivity contribution in [2.75, 3.05) is 10.0 Å². The van der Waals surface area contributed by atoms with Crippen molar-refractivity contribution in [3.05, 3.63) is 76.4 Å². The molecule has 1 heterocycles.